The van der Waals surface area contributed by atoms with Crippen LogP contribution in [0.4, 0.5) is 0 Å². The summed E-state index contributed by atoms with van der Waals surface area (Å²) in [6, 6.07) is 14.1. The Kier molecular flexibility index (Phi) is 4.53. The van der Waals surface area contributed by atoms with Crippen molar-refractivity contribution in [1.29, 1.82) is 0 Å². The normalized spacial score (nSPS) is 12.9. The minimum Gasteiger partial charge on any atom is -0.387 e. The van der Waals surface area contributed by atoms with E-state index < -0.39 is 6.10 Å². The maximum absolute atomic E-state index is 10.1. The molecule has 0 bridgehead atoms. The van der Waals surface area contributed by atoms with Gasteiger partial charge in [-0.05, 0) is 31.7 Å². The molecule has 0 aliphatic heterocycles. The predicted octanol–water partition coefficient (Wildman–Crippen LogP) is 3.22. The Bertz CT molecular complexity index is 480. The number of aryl methyl sites for hydroxylation is 1. The summed E-state index contributed by atoms with van der Waals surface area (Å²) < 4.78 is 0. The molecular weight excluding hydrogens is 242 g/mol. The van der Waals surface area contributed by atoms with Gasteiger partial charge in [-0.1, -0.05) is 30.3 Å². The van der Waals surface area contributed by atoms with Crippen LogP contribution in [-0.4, -0.2) is 23.6 Å². The number of thiophene rings is 1. The Morgan fingerprint density at radius 1 is 1.17 bits per heavy atom. The van der Waals surface area contributed by atoms with Gasteiger partial charge in [0, 0.05) is 22.8 Å². The van der Waals surface area contributed by atoms with E-state index in [-0.39, 0.29) is 0 Å². The largest absolute Gasteiger partial charge is 0.387 e. The van der Waals surface area contributed by atoms with E-state index in [1.54, 1.807) is 0 Å². The molecule has 0 spiro atoms. The summed E-state index contributed by atoms with van der Waals surface area (Å²) in [7, 11) is 2.04. The fourth-order valence-electron chi connectivity index (χ4n) is 1.98. The van der Waals surface area contributed by atoms with E-state index in [2.05, 4.69) is 24.0 Å². The van der Waals surface area contributed by atoms with Gasteiger partial charge in [-0.15, -0.1) is 11.3 Å². The maximum atomic E-state index is 10.1. The molecule has 3 heteroatoms. The summed E-state index contributed by atoms with van der Waals surface area (Å²) in [5, 5.41) is 10.1. The first-order chi connectivity index (χ1) is 8.65. The van der Waals surface area contributed by atoms with Gasteiger partial charge in [-0.25, -0.2) is 0 Å². The first-order valence-corrected chi connectivity index (χ1v) is 6.93. The lowest BCUT2D eigenvalue weighted by Crippen LogP contribution is -2.23. The molecule has 2 nitrogen and oxygen atoms in total. The average Bonchev–Trinajstić information content (AvgIpc) is 2.75. The standard InChI is InChI=1S/C15H19NOS/c1-12-8-9-14(18-12)10-16(2)11-15(17)13-6-4-3-5-7-13/h3-9,15,17H,10-11H2,1-2H3. The smallest absolute Gasteiger partial charge is 0.0916 e. The molecule has 1 N–H and O–H groups in total. The van der Waals surface area contributed by atoms with Crippen LogP contribution in [0, 0.1) is 6.92 Å². The fourth-order valence-corrected chi connectivity index (χ4v) is 2.95. The predicted molar refractivity (Wildman–Crippen MR) is 76.8 cm³/mol. The summed E-state index contributed by atoms with van der Waals surface area (Å²) in [4.78, 5) is 4.83. The van der Waals surface area contributed by atoms with Gasteiger partial charge in [0.1, 0.15) is 0 Å². The number of hydrogen-bond donors (Lipinski definition) is 1. The third-order valence-corrected chi connectivity index (χ3v) is 3.88. The van der Waals surface area contributed by atoms with E-state index in [1.807, 2.05) is 48.7 Å². The highest BCUT2D eigenvalue weighted by molar-refractivity contribution is 7.11. The molecule has 2 rings (SSSR count). The van der Waals surface area contributed by atoms with Crippen molar-refractivity contribution in [2.24, 2.45) is 0 Å². The van der Waals surface area contributed by atoms with E-state index in [9.17, 15) is 5.11 Å². The second-order valence-electron chi connectivity index (χ2n) is 4.64. The van der Waals surface area contributed by atoms with Crippen molar-refractivity contribution in [3.05, 3.63) is 57.8 Å². The molecule has 0 aliphatic carbocycles. The molecule has 0 saturated carbocycles. The van der Waals surface area contributed by atoms with Gasteiger partial charge >= 0.3 is 0 Å². The number of hydrogen-bond acceptors (Lipinski definition) is 3. The zero-order chi connectivity index (χ0) is 13.0. The van der Waals surface area contributed by atoms with E-state index in [1.165, 1.54) is 9.75 Å². The van der Waals surface area contributed by atoms with Crippen molar-refractivity contribution in [2.45, 2.75) is 19.6 Å². The minimum atomic E-state index is -0.419. The van der Waals surface area contributed by atoms with E-state index in [4.69, 9.17) is 0 Å². The number of aliphatic hydroxyl groups is 1. The third kappa shape index (κ3) is 3.67. The molecule has 0 radical (unpaired) electrons. The van der Waals surface area contributed by atoms with Gasteiger partial charge in [0.2, 0.25) is 0 Å². The lowest BCUT2D eigenvalue weighted by molar-refractivity contribution is 0.124. The van der Waals surface area contributed by atoms with E-state index in [0.717, 1.165) is 12.1 Å². The highest BCUT2D eigenvalue weighted by Gasteiger charge is 2.11. The Hall–Kier alpha value is -1.16. The highest BCUT2D eigenvalue weighted by Crippen LogP contribution is 2.18. The Morgan fingerprint density at radius 3 is 2.50 bits per heavy atom. The molecule has 18 heavy (non-hydrogen) atoms. The summed E-state index contributed by atoms with van der Waals surface area (Å²) in [5.74, 6) is 0. The molecule has 1 atom stereocenters. The number of likely N-dealkylation sites (N-methyl/N-ethyl adjacent to an activating group) is 1. The fraction of sp³-hybridized carbons (Fsp3) is 0.333. The van der Waals surface area contributed by atoms with Crippen molar-refractivity contribution in [1.82, 2.24) is 4.90 Å². The molecule has 0 amide bonds. The second-order valence-corrected chi connectivity index (χ2v) is 6.01. The van der Waals surface area contributed by atoms with Crippen LogP contribution in [0.25, 0.3) is 0 Å². The molecule has 1 aromatic carbocycles. The first-order valence-electron chi connectivity index (χ1n) is 6.12. The van der Waals surface area contributed by atoms with Crippen molar-refractivity contribution in [3.63, 3.8) is 0 Å². The molecular formula is C15H19NOS. The van der Waals surface area contributed by atoms with Crippen LogP contribution in [0.15, 0.2) is 42.5 Å². The van der Waals surface area contributed by atoms with Crippen molar-refractivity contribution in [2.75, 3.05) is 13.6 Å². The van der Waals surface area contributed by atoms with E-state index in [0.29, 0.717) is 6.54 Å². The molecule has 96 valence electrons. The third-order valence-electron chi connectivity index (χ3n) is 2.89. The van der Waals surface area contributed by atoms with Gasteiger partial charge in [0.05, 0.1) is 6.10 Å². The van der Waals surface area contributed by atoms with Gasteiger partial charge < -0.3 is 5.11 Å². The van der Waals surface area contributed by atoms with Crippen LogP contribution in [0.5, 0.6) is 0 Å². The molecule has 1 heterocycles. The lowest BCUT2D eigenvalue weighted by atomic mass is 10.1. The first kappa shape index (κ1) is 13.3. The van der Waals surface area contributed by atoms with Gasteiger partial charge in [0.15, 0.2) is 0 Å². The number of benzene rings is 1. The van der Waals surface area contributed by atoms with Crippen LogP contribution < -0.4 is 0 Å². The Balaban J connectivity index is 1.89. The minimum absolute atomic E-state index is 0.419. The molecule has 2 aromatic rings. The van der Waals surface area contributed by atoms with Crippen LogP contribution in [-0.2, 0) is 6.54 Å². The molecule has 0 saturated heterocycles. The Labute approximate surface area is 113 Å². The van der Waals surface area contributed by atoms with Crippen LogP contribution in [0.1, 0.15) is 21.4 Å². The van der Waals surface area contributed by atoms with Crippen LogP contribution in [0.2, 0.25) is 0 Å². The number of aliphatic hydroxyl groups excluding tert-OH is 1. The summed E-state index contributed by atoms with van der Waals surface area (Å²) in [6.07, 6.45) is -0.419. The summed E-state index contributed by atoms with van der Waals surface area (Å²) >= 11 is 1.82. The summed E-state index contributed by atoms with van der Waals surface area (Å²) in [6.45, 7) is 3.66. The Morgan fingerprint density at radius 2 is 1.89 bits per heavy atom. The molecule has 1 aromatic heterocycles. The zero-order valence-electron chi connectivity index (χ0n) is 10.8. The average molecular weight is 261 g/mol. The van der Waals surface area contributed by atoms with Gasteiger partial charge in [-0.3, -0.25) is 4.90 Å². The monoisotopic (exact) mass is 261 g/mol. The van der Waals surface area contributed by atoms with Crippen LogP contribution >= 0.6 is 11.3 Å². The topological polar surface area (TPSA) is 23.5 Å². The summed E-state index contributed by atoms with van der Waals surface area (Å²) in [5.41, 5.74) is 0.978. The van der Waals surface area contributed by atoms with Crippen molar-refractivity contribution >= 4 is 11.3 Å². The molecule has 0 aliphatic rings. The zero-order valence-corrected chi connectivity index (χ0v) is 11.7. The van der Waals surface area contributed by atoms with Crippen LogP contribution in [0.3, 0.4) is 0 Å². The van der Waals surface area contributed by atoms with Crippen molar-refractivity contribution < 1.29 is 5.11 Å². The molecule has 1 unspecified atom stereocenters. The van der Waals surface area contributed by atoms with Gasteiger partial charge in [0.25, 0.3) is 0 Å². The van der Waals surface area contributed by atoms with E-state index >= 15 is 0 Å². The second kappa shape index (κ2) is 6.14. The number of rotatable bonds is 5. The maximum Gasteiger partial charge on any atom is 0.0916 e. The molecule has 0 fully saturated rings. The van der Waals surface area contributed by atoms with Crippen molar-refractivity contribution in [3.8, 4) is 0 Å². The highest BCUT2D eigenvalue weighted by atomic mass is 32.1. The lowest BCUT2D eigenvalue weighted by Gasteiger charge is -2.20. The SMILES string of the molecule is Cc1ccc(CN(C)CC(O)c2ccccc2)s1. The quantitative estimate of drug-likeness (QED) is 0.893. The van der Waals surface area contributed by atoms with Gasteiger partial charge in [-0.2, -0.15) is 0 Å². The number of nitrogens with zero attached hydrogens (tertiary/aromatic N) is 1.